The number of allylic oxidation sites excluding steroid dienone is 15. The van der Waals surface area contributed by atoms with Crippen LogP contribution in [0.25, 0.3) is 0 Å². The Balaban J connectivity index is 4.10. The van der Waals surface area contributed by atoms with Gasteiger partial charge in [0.1, 0.15) is 6.61 Å². The van der Waals surface area contributed by atoms with Crippen LogP contribution in [-0.2, 0) is 32.7 Å². The highest BCUT2D eigenvalue weighted by molar-refractivity contribution is 7.47. The van der Waals surface area contributed by atoms with Crippen LogP contribution in [-0.4, -0.2) is 49.3 Å². The Morgan fingerprint density at radius 2 is 0.921 bits per heavy atom. The molecule has 0 saturated carbocycles. The van der Waals surface area contributed by atoms with Crippen molar-refractivity contribution < 1.29 is 37.6 Å². The molecule has 0 rings (SSSR count). The molecule has 0 aliphatic rings. The summed E-state index contributed by atoms with van der Waals surface area (Å²) in [7, 11) is -4.41. The van der Waals surface area contributed by atoms with Crippen LogP contribution in [0.4, 0.5) is 0 Å². The van der Waals surface area contributed by atoms with Gasteiger partial charge >= 0.3 is 19.8 Å². The topological polar surface area (TPSA) is 134 Å². The number of rotatable bonds is 45. The van der Waals surface area contributed by atoms with E-state index in [0.717, 1.165) is 57.8 Å². The average Bonchev–Trinajstić information content (AvgIpc) is 3.27. The summed E-state index contributed by atoms with van der Waals surface area (Å²) < 4.78 is 32.7. The summed E-state index contributed by atoms with van der Waals surface area (Å²) in [6, 6.07) is 0. The molecule has 2 unspecified atom stereocenters. The smallest absolute Gasteiger partial charge is 0.462 e. The standard InChI is InChI=1S/C53H90NO8P/c1-3-5-7-9-11-13-15-17-19-20-21-22-23-24-25-26-27-28-29-30-32-33-35-37-39-41-43-45-52(55)59-49-51(50-61-63(57,58)60-48-47-54)62-53(56)46-44-42-40-38-36-34-31-18-16-14-12-10-8-6-4-2/h6,8,12,14-15,17-18,20-21,23-24,31,36,38,42,44,51H,3-5,7,9-11,13,16,19,22,25-30,32-35,37,39-41,43,45-50,54H2,1-2H3,(H,57,58)/b8-6-,14-12-,17-15-,21-20-,24-23-,31-18-,38-36-,44-42-. The van der Waals surface area contributed by atoms with Gasteiger partial charge in [0, 0.05) is 13.0 Å². The fourth-order valence-corrected chi connectivity index (χ4v) is 7.13. The van der Waals surface area contributed by atoms with Gasteiger partial charge in [0.05, 0.1) is 19.6 Å². The van der Waals surface area contributed by atoms with E-state index in [0.29, 0.717) is 12.8 Å². The third kappa shape index (κ3) is 48.2. The van der Waals surface area contributed by atoms with Gasteiger partial charge in [-0.05, 0) is 77.0 Å². The van der Waals surface area contributed by atoms with E-state index in [1.165, 1.54) is 96.3 Å². The maximum atomic E-state index is 12.5. The Morgan fingerprint density at radius 1 is 0.508 bits per heavy atom. The molecule has 9 nitrogen and oxygen atoms in total. The number of phosphoric ester groups is 1. The Bertz CT molecular complexity index is 1350. The molecule has 0 aliphatic carbocycles. The number of carbonyl (C=O) groups is 2. The van der Waals surface area contributed by atoms with Gasteiger partial charge in [0.25, 0.3) is 0 Å². The van der Waals surface area contributed by atoms with Crippen molar-refractivity contribution in [3.63, 3.8) is 0 Å². The molecule has 360 valence electrons. The lowest BCUT2D eigenvalue weighted by Crippen LogP contribution is -2.29. The molecule has 0 aliphatic heterocycles. The summed E-state index contributed by atoms with van der Waals surface area (Å²) in [5, 5.41) is 0. The number of nitrogens with two attached hydrogens (primary N) is 1. The Hall–Kier alpha value is -3.07. The molecule has 0 aromatic rings. The van der Waals surface area contributed by atoms with Crippen LogP contribution in [0, 0.1) is 0 Å². The maximum Gasteiger partial charge on any atom is 0.472 e. The van der Waals surface area contributed by atoms with Crippen LogP contribution in [0.3, 0.4) is 0 Å². The Labute approximate surface area is 385 Å². The number of unbranched alkanes of at least 4 members (excludes halogenated alkanes) is 17. The largest absolute Gasteiger partial charge is 0.472 e. The quantitative estimate of drug-likeness (QED) is 0.0265. The Kier molecular flexibility index (Phi) is 46.0. The summed E-state index contributed by atoms with van der Waals surface area (Å²) >= 11 is 0. The van der Waals surface area contributed by atoms with E-state index in [1.807, 2.05) is 12.2 Å². The van der Waals surface area contributed by atoms with E-state index in [9.17, 15) is 19.0 Å². The lowest BCUT2D eigenvalue weighted by atomic mass is 10.0. The molecule has 0 radical (unpaired) electrons. The second-order valence-corrected chi connectivity index (χ2v) is 17.4. The van der Waals surface area contributed by atoms with Crippen LogP contribution in [0.5, 0.6) is 0 Å². The number of esters is 2. The van der Waals surface area contributed by atoms with Crippen LogP contribution in [0.1, 0.15) is 194 Å². The van der Waals surface area contributed by atoms with Crippen LogP contribution in [0.2, 0.25) is 0 Å². The van der Waals surface area contributed by atoms with E-state index in [-0.39, 0.29) is 32.6 Å². The summed E-state index contributed by atoms with van der Waals surface area (Å²) in [5.74, 6) is -0.984. The van der Waals surface area contributed by atoms with Crippen molar-refractivity contribution in [2.75, 3.05) is 26.4 Å². The molecule has 0 fully saturated rings. The van der Waals surface area contributed by atoms with E-state index >= 15 is 0 Å². The number of carbonyl (C=O) groups excluding carboxylic acids is 2. The normalized spacial score (nSPS) is 14.0. The SMILES string of the molecule is CC/C=C\C/C=C\C/C=C\C/C=C\C/C=C\CC(=O)OC(COC(=O)CCCCCCCCCCCCCC/C=C\C/C=C\C/C=C\CCCCCCC)COP(=O)(O)OCCN. The molecule has 0 heterocycles. The second-order valence-electron chi connectivity index (χ2n) is 16.0. The van der Waals surface area contributed by atoms with Gasteiger partial charge in [0.2, 0.25) is 0 Å². The van der Waals surface area contributed by atoms with E-state index < -0.39 is 32.5 Å². The molecular weight excluding hydrogens is 810 g/mol. The highest BCUT2D eigenvalue weighted by Crippen LogP contribution is 2.43. The third-order valence-electron chi connectivity index (χ3n) is 9.99. The first kappa shape index (κ1) is 59.9. The average molecular weight is 900 g/mol. The molecule has 10 heteroatoms. The van der Waals surface area contributed by atoms with Gasteiger partial charge < -0.3 is 20.1 Å². The molecule has 63 heavy (non-hydrogen) atoms. The highest BCUT2D eigenvalue weighted by Gasteiger charge is 2.25. The number of hydrogen-bond donors (Lipinski definition) is 2. The zero-order chi connectivity index (χ0) is 46.0. The molecule has 0 aromatic carbocycles. The molecule has 0 bridgehead atoms. The van der Waals surface area contributed by atoms with Crippen LogP contribution >= 0.6 is 7.82 Å². The fraction of sp³-hybridized carbons (Fsp3) is 0.660. The van der Waals surface area contributed by atoms with Gasteiger partial charge in [0.15, 0.2) is 6.10 Å². The lowest BCUT2D eigenvalue weighted by Gasteiger charge is -2.19. The number of phosphoric acid groups is 1. The van der Waals surface area contributed by atoms with Crippen molar-refractivity contribution in [1.29, 1.82) is 0 Å². The van der Waals surface area contributed by atoms with Crippen LogP contribution < -0.4 is 5.73 Å². The predicted molar refractivity (Wildman–Crippen MR) is 265 cm³/mol. The lowest BCUT2D eigenvalue weighted by molar-refractivity contribution is -0.160. The Morgan fingerprint density at radius 3 is 1.38 bits per heavy atom. The minimum atomic E-state index is -4.41. The zero-order valence-electron chi connectivity index (χ0n) is 39.8. The molecule has 3 N–H and O–H groups in total. The summed E-state index contributed by atoms with van der Waals surface area (Å²) in [5.41, 5.74) is 5.35. The molecule has 0 amide bonds. The van der Waals surface area contributed by atoms with Gasteiger partial charge in [-0.2, -0.15) is 0 Å². The van der Waals surface area contributed by atoms with Crippen LogP contribution in [0.15, 0.2) is 97.2 Å². The van der Waals surface area contributed by atoms with E-state index in [4.69, 9.17) is 24.3 Å². The van der Waals surface area contributed by atoms with Crippen molar-refractivity contribution in [1.82, 2.24) is 0 Å². The zero-order valence-corrected chi connectivity index (χ0v) is 40.7. The first-order valence-corrected chi connectivity index (χ1v) is 26.2. The fourth-order valence-electron chi connectivity index (χ4n) is 6.36. The van der Waals surface area contributed by atoms with Crippen molar-refractivity contribution in [2.45, 2.75) is 200 Å². The van der Waals surface area contributed by atoms with E-state index in [2.05, 4.69) is 92.8 Å². The first-order valence-electron chi connectivity index (χ1n) is 24.7. The monoisotopic (exact) mass is 900 g/mol. The number of hydrogen-bond acceptors (Lipinski definition) is 8. The van der Waals surface area contributed by atoms with Gasteiger partial charge in [-0.3, -0.25) is 18.6 Å². The van der Waals surface area contributed by atoms with Crippen molar-refractivity contribution in [3.05, 3.63) is 97.2 Å². The van der Waals surface area contributed by atoms with Gasteiger partial charge in [-0.15, -0.1) is 0 Å². The van der Waals surface area contributed by atoms with E-state index in [1.54, 1.807) is 6.08 Å². The minimum absolute atomic E-state index is 0.00670. The molecule has 2 atom stereocenters. The molecule has 0 saturated heterocycles. The third-order valence-corrected chi connectivity index (χ3v) is 11.0. The molecular formula is C53H90NO8P. The van der Waals surface area contributed by atoms with Crippen molar-refractivity contribution in [3.8, 4) is 0 Å². The van der Waals surface area contributed by atoms with Crippen molar-refractivity contribution >= 4 is 19.8 Å². The summed E-state index contributed by atoms with van der Waals surface area (Å²) in [6.07, 6.45) is 63.4. The second kappa shape index (κ2) is 48.4. The van der Waals surface area contributed by atoms with Gasteiger partial charge in [-0.25, -0.2) is 4.57 Å². The molecule has 0 aromatic heterocycles. The highest BCUT2D eigenvalue weighted by atomic mass is 31.2. The maximum absolute atomic E-state index is 12.5. The number of ether oxygens (including phenoxy) is 2. The van der Waals surface area contributed by atoms with Gasteiger partial charge in [-0.1, -0.05) is 201 Å². The molecule has 0 spiro atoms. The predicted octanol–water partition coefficient (Wildman–Crippen LogP) is 14.9. The summed E-state index contributed by atoms with van der Waals surface area (Å²) in [4.78, 5) is 34.9. The van der Waals surface area contributed by atoms with Crippen molar-refractivity contribution in [2.24, 2.45) is 5.73 Å². The first-order chi connectivity index (χ1) is 30.8. The minimum Gasteiger partial charge on any atom is -0.462 e. The summed E-state index contributed by atoms with van der Waals surface area (Å²) in [6.45, 7) is 3.48.